The van der Waals surface area contributed by atoms with Crippen LogP contribution in [0.1, 0.15) is 46.5 Å². The summed E-state index contributed by atoms with van der Waals surface area (Å²) in [4.78, 5) is 38.0. The fourth-order valence-corrected chi connectivity index (χ4v) is 3.20. The molecule has 2 heterocycles. The van der Waals surface area contributed by atoms with Gasteiger partial charge in [-0.3, -0.25) is 9.59 Å². The highest BCUT2D eigenvalue weighted by atomic mass is 16.6. The van der Waals surface area contributed by atoms with E-state index in [0.29, 0.717) is 26.1 Å². The summed E-state index contributed by atoms with van der Waals surface area (Å²) < 4.78 is 5.23. The van der Waals surface area contributed by atoms with Crippen molar-refractivity contribution in [3.63, 3.8) is 0 Å². The molecule has 142 valence electrons. The van der Waals surface area contributed by atoms with E-state index in [4.69, 9.17) is 4.74 Å². The summed E-state index contributed by atoms with van der Waals surface area (Å²) in [5.41, 5.74) is -0.691. The van der Waals surface area contributed by atoms with Gasteiger partial charge >= 0.3 is 6.09 Å². The number of hydrogen-bond acceptors (Lipinski definition) is 5. The van der Waals surface area contributed by atoms with Gasteiger partial charge in [0.2, 0.25) is 5.91 Å². The molecular formula is C17H29N3O5. The topological polar surface area (TPSA) is 108 Å². The molecule has 0 saturated carbocycles. The quantitative estimate of drug-likeness (QED) is 0.661. The molecule has 8 nitrogen and oxygen atoms in total. The lowest BCUT2D eigenvalue weighted by atomic mass is 9.94. The summed E-state index contributed by atoms with van der Waals surface area (Å²) in [7, 11) is 0. The predicted octanol–water partition coefficient (Wildman–Crippen LogP) is 0.389. The molecule has 0 aromatic rings. The van der Waals surface area contributed by atoms with Crippen LogP contribution in [0.5, 0.6) is 0 Å². The first-order valence-electron chi connectivity index (χ1n) is 8.91. The third kappa shape index (κ3) is 5.59. The number of aliphatic hydroxyl groups excluding tert-OH is 1. The van der Waals surface area contributed by atoms with Gasteiger partial charge in [-0.1, -0.05) is 0 Å². The highest BCUT2D eigenvalue weighted by Gasteiger charge is 2.37. The number of nitrogens with zero attached hydrogens (tertiary/aromatic N) is 1. The van der Waals surface area contributed by atoms with Crippen LogP contribution in [0.15, 0.2) is 0 Å². The average molecular weight is 355 g/mol. The number of nitrogens with one attached hydrogen (secondary N) is 2. The molecule has 2 fully saturated rings. The largest absolute Gasteiger partial charge is 0.444 e. The van der Waals surface area contributed by atoms with Gasteiger partial charge in [0.1, 0.15) is 5.60 Å². The van der Waals surface area contributed by atoms with E-state index < -0.39 is 29.7 Å². The number of aliphatic hydroxyl groups is 1. The van der Waals surface area contributed by atoms with Crippen molar-refractivity contribution in [2.45, 2.75) is 64.2 Å². The van der Waals surface area contributed by atoms with E-state index in [2.05, 4.69) is 10.6 Å². The van der Waals surface area contributed by atoms with Gasteiger partial charge in [-0.15, -0.1) is 0 Å². The van der Waals surface area contributed by atoms with Crippen molar-refractivity contribution in [1.82, 2.24) is 15.5 Å². The lowest BCUT2D eigenvalue weighted by molar-refractivity contribution is -0.141. The zero-order valence-electron chi connectivity index (χ0n) is 15.2. The molecule has 25 heavy (non-hydrogen) atoms. The summed E-state index contributed by atoms with van der Waals surface area (Å²) >= 11 is 0. The van der Waals surface area contributed by atoms with E-state index >= 15 is 0 Å². The molecule has 0 aliphatic carbocycles. The minimum Gasteiger partial charge on any atom is -0.444 e. The van der Waals surface area contributed by atoms with Gasteiger partial charge in [0, 0.05) is 25.6 Å². The normalized spacial score (nSPS) is 23.1. The molecule has 8 heteroatoms. The van der Waals surface area contributed by atoms with E-state index in [-0.39, 0.29) is 18.2 Å². The molecule has 2 aliphatic heterocycles. The summed E-state index contributed by atoms with van der Waals surface area (Å²) in [6, 6.07) is -0.864. The van der Waals surface area contributed by atoms with Crippen molar-refractivity contribution in [2.24, 2.45) is 5.92 Å². The van der Waals surface area contributed by atoms with Crippen LogP contribution in [0, 0.1) is 5.92 Å². The summed E-state index contributed by atoms with van der Waals surface area (Å²) in [6.45, 7) is 6.99. The highest BCUT2D eigenvalue weighted by Crippen LogP contribution is 2.20. The fourth-order valence-electron chi connectivity index (χ4n) is 3.20. The van der Waals surface area contributed by atoms with E-state index in [1.54, 1.807) is 25.7 Å². The molecule has 2 saturated heterocycles. The number of hydrogen-bond donors (Lipinski definition) is 3. The molecule has 3 atom stereocenters. The predicted molar refractivity (Wildman–Crippen MR) is 90.7 cm³/mol. The van der Waals surface area contributed by atoms with Gasteiger partial charge in [0.05, 0.1) is 6.04 Å². The first-order chi connectivity index (χ1) is 11.7. The molecule has 2 rings (SSSR count). The molecule has 2 aliphatic rings. The maximum atomic E-state index is 12.5. The van der Waals surface area contributed by atoms with Crippen LogP contribution in [-0.2, 0) is 14.3 Å². The van der Waals surface area contributed by atoms with Crippen molar-refractivity contribution < 1.29 is 24.2 Å². The number of rotatable bonds is 5. The lowest BCUT2D eigenvalue weighted by Crippen LogP contribution is -2.53. The zero-order chi connectivity index (χ0) is 18.6. The maximum Gasteiger partial charge on any atom is 0.407 e. The Hall–Kier alpha value is -1.83. The Morgan fingerprint density at radius 2 is 2.00 bits per heavy atom. The standard InChI is InChI=1S/C17H29N3O5/c1-17(2,3)25-16(24)19-12(10-11-6-7-18-14(11)22)13(21)15(23)20-8-4-5-9-20/h11-13,21H,4-10H2,1-3H3,(H,18,22)(H,19,24)/t11-,12-,13?/m0/s1. The Morgan fingerprint density at radius 3 is 2.52 bits per heavy atom. The highest BCUT2D eigenvalue weighted by molar-refractivity contribution is 5.83. The molecule has 3 N–H and O–H groups in total. The monoisotopic (exact) mass is 355 g/mol. The summed E-state index contributed by atoms with van der Waals surface area (Å²) in [5.74, 6) is -0.852. The second-order valence-electron chi connectivity index (χ2n) is 7.74. The Labute approximate surface area is 148 Å². The molecule has 3 amide bonds. The second-order valence-corrected chi connectivity index (χ2v) is 7.74. The Morgan fingerprint density at radius 1 is 1.36 bits per heavy atom. The van der Waals surface area contributed by atoms with Gasteiger partial charge in [-0.05, 0) is 46.5 Å². The minimum absolute atomic E-state index is 0.114. The number of amides is 3. The van der Waals surface area contributed by atoms with Crippen LogP contribution >= 0.6 is 0 Å². The molecular weight excluding hydrogens is 326 g/mol. The van der Waals surface area contributed by atoms with Crippen LogP contribution in [-0.4, -0.2) is 65.3 Å². The zero-order valence-corrected chi connectivity index (χ0v) is 15.2. The van der Waals surface area contributed by atoms with Crippen molar-refractivity contribution in [1.29, 1.82) is 0 Å². The number of alkyl carbamates (subject to hydrolysis) is 1. The number of likely N-dealkylation sites (tertiary alicyclic amines) is 1. The lowest BCUT2D eigenvalue weighted by Gasteiger charge is -2.29. The Kier molecular flexibility index (Phi) is 6.26. The average Bonchev–Trinajstić information content (AvgIpc) is 3.15. The first kappa shape index (κ1) is 19.5. The SMILES string of the molecule is CC(C)(C)OC(=O)N[C@@H](C[C@@H]1CCNC1=O)C(O)C(=O)N1CCCC1. The van der Waals surface area contributed by atoms with Gasteiger partial charge < -0.3 is 25.4 Å². The van der Waals surface area contributed by atoms with E-state index in [0.717, 1.165) is 12.8 Å². The van der Waals surface area contributed by atoms with Crippen LogP contribution in [0.3, 0.4) is 0 Å². The van der Waals surface area contributed by atoms with Gasteiger partial charge in [-0.2, -0.15) is 0 Å². The maximum absolute atomic E-state index is 12.5. The molecule has 0 aromatic carbocycles. The second kappa shape index (κ2) is 8.03. The van der Waals surface area contributed by atoms with Crippen LogP contribution in [0.2, 0.25) is 0 Å². The fraction of sp³-hybridized carbons (Fsp3) is 0.824. The molecule has 0 bridgehead atoms. The molecule has 0 radical (unpaired) electrons. The van der Waals surface area contributed by atoms with Gasteiger partial charge in [0.25, 0.3) is 5.91 Å². The van der Waals surface area contributed by atoms with Crippen molar-refractivity contribution in [3.8, 4) is 0 Å². The number of ether oxygens (including phenoxy) is 1. The summed E-state index contributed by atoms with van der Waals surface area (Å²) in [5, 5.41) is 15.9. The molecule has 1 unspecified atom stereocenters. The van der Waals surface area contributed by atoms with Crippen LogP contribution in [0.4, 0.5) is 4.79 Å². The smallest absolute Gasteiger partial charge is 0.407 e. The van der Waals surface area contributed by atoms with E-state index in [1.165, 1.54) is 0 Å². The van der Waals surface area contributed by atoms with Gasteiger partial charge in [-0.25, -0.2) is 4.79 Å². The molecule has 0 spiro atoms. The third-order valence-corrected chi connectivity index (χ3v) is 4.46. The van der Waals surface area contributed by atoms with Crippen molar-refractivity contribution in [2.75, 3.05) is 19.6 Å². The van der Waals surface area contributed by atoms with Gasteiger partial charge in [0.15, 0.2) is 6.10 Å². The Bertz CT molecular complexity index is 511. The Balaban J connectivity index is 2.05. The number of carbonyl (C=O) groups excluding carboxylic acids is 3. The van der Waals surface area contributed by atoms with Crippen LogP contribution in [0.25, 0.3) is 0 Å². The third-order valence-electron chi connectivity index (χ3n) is 4.46. The summed E-state index contributed by atoms with van der Waals surface area (Å²) in [6.07, 6.45) is 0.548. The van der Waals surface area contributed by atoms with Crippen molar-refractivity contribution in [3.05, 3.63) is 0 Å². The first-order valence-corrected chi connectivity index (χ1v) is 8.91. The molecule has 0 aromatic heterocycles. The minimum atomic E-state index is -1.39. The van der Waals surface area contributed by atoms with E-state index in [9.17, 15) is 19.5 Å². The van der Waals surface area contributed by atoms with Crippen LogP contribution < -0.4 is 10.6 Å². The number of carbonyl (C=O) groups is 3. The van der Waals surface area contributed by atoms with Crippen molar-refractivity contribution >= 4 is 17.9 Å². The van der Waals surface area contributed by atoms with E-state index in [1.807, 2.05) is 0 Å².